The molecule has 6 aromatic rings. The minimum absolute atomic E-state index is 0.171. The van der Waals surface area contributed by atoms with E-state index in [1.54, 1.807) is 49.7 Å². The Morgan fingerprint density at radius 2 is 1.23 bits per heavy atom. The molecule has 0 saturated carbocycles. The van der Waals surface area contributed by atoms with E-state index in [9.17, 15) is 19.2 Å². The Kier molecular flexibility index (Phi) is 13.0. The van der Waals surface area contributed by atoms with Crippen LogP contribution in [0.15, 0.2) is 48.6 Å². The lowest BCUT2D eigenvalue weighted by molar-refractivity contribution is 0.0358. The third-order valence-electron chi connectivity index (χ3n) is 10.4. The quantitative estimate of drug-likeness (QED) is 0.0717. The minimum atomic E-state index is -0.666. The SMILES string of the molecule is CCn1nc(C)cc1C(=O)Nc1nc2cc(C(N)=O)cc(OC)c2n1C/C=C/Cn1c(NC(=O)c2cc(C)nn2CC)nc2cc(C(N)=O)cc(OCCCN3CCOCC3)c21. The first-order chi connectivity index (χ1) is 29.9. The molecule has 0 unspecified atom stereocenters. The fourth-order valence-corrected chi connectivity index (χ4v) is 7.48. The van der Waals surface area contributed by atoms with Crippen LogP contribution in [0.5, 0.6) is 11.5 Å². The first-order valence-electron chi connectivity index (χ1n) is 20.4. The number of nitrogens with two attached hydrogens (primary N) is 2. The molecule has 1 saturated heterocycles. The van der Waals surface area contributed by atoms with Crippen LogP contribution in [0, 0.1) is 13.8 Å². The molecule has 0 atom stereocenters. The van der Waals surface area contributed by atoms with Gasteiger partial charge in [0.1, 0.15) is 33.9 Å². The molecule has 0 spiro atoms. The number of rotatable bonds is 18. The molecule has 20 heteroatoms. The van der Waals surface area contributed by atoms with Gasteiger partial charge in [-0.1, -0.05) is 12.2 Å². The molecule has 1 aliphatic heterocycles. The third-order valence-corrected chi connectivity index (χ3v) is 10.4. The van der Waals surface area contributed by atoms with Gasteiger partial charge < -0.3 is 34.8 Å². The van der Waals surface area contributed by atoms with Crippen molar-refractivity contribution in [1.29, 1.82) is 0 Å². The van der Waals surface area contributed by atoms with Gasteiger partial charge in [0.15, 0.2) is 0 Å². The fraction of sp³-hybridized carbons (Fsp3) is 0.381. The molecular formula is C42H51N13O7. The van der Waals surface area contributed by atoms with Crippen LogP contribution in [0.1, 0.15) is 73.3 Å². The molecule has 4 amide bonds. The van der Waals surface area contributed by atoms with Gasteiger partial charge in [-0.2, -0.15) is 10.2 Å². The van der Waals surface area contributed by atoms with Crippen LogP contribution in [0.2, 0.25) is 0 Å². The average molecular weight is 850 g/mol. The number of nitrogens with one attached hydrogen (secondary N) is 2. The predicted octanol–water partition coefficient (Wildman–Crippen LogP) is 3.50. The lowest BCUT2D eigenvalue weighted by Gasteiger charge is -2.26. The Balaban J connectivity index is 1.25. The molecule has 1 fully saturated rings. The molecule has 4 aromatic heterocycles. The maximum Gasteiger partial charge on any atom is 0.276 e. The second-order valence-electron chi connectivity index (χ2n) is 14.7. The number of fused-ring (bicyclic) bond motifs is 2. The number of aromatic nitrogens is 8. The second kappa shape index (κ2) is 18.7. The van der Waals surface area contributed by atoms with Crippen LogP contribution in [0.25, 0.3) is 22.1 Å². The zero-order valence-corrected chi connectivity index (χ0v) is 35.4. The molecule has 0 aliphatic carbocycles. The van der Waals surface area contributed by atoms with E-state index in [2.05, 4.69) is 25.7 Å². The number of carbonyl (C=O) groups excluding carboxylic acids is 4. The Morgan fingerprint density at radius 1 is 0.742 bits per heavy atom. The molecule has 326 valence electrons. The van der Waals surface area contributed by atoms with Crippen molar-refractivity contribution in [2.75, 3.05) is 57.2 Å². The highest BCUT2D eigenvalue weighted by atomic mass is 16.5. The molecule has 6 N–H and O–H groups in total. The molecule has 2 aromatic carbocycles. The first-order valence-corrected chi connectivity index (χ1v) is 20.4. The van der Waals surface area contributed by atoms with Crippen molar-refractivity contribution in [3.63, 3.8) is 0 Å². The fourth-order valence-electron chi connectivity index (χ4n) is 7.48. The number of allylic oxidation sites excluding steroid dienone is 2. The van der Waals surface area contributed by atoms with Gasteiger partial charge in [0.2, 0.25) is 23.7 Å². The van der Waals surface area contributed by atoms with Crippen molar-refractivity contribution in [3.8, 4) is 11.5 Å². The van der Waals surface area contributed by atoms with Gasteiger partial charge in [-0.05, 0) is 70.5 Å². The van der Waals surface area contributed by atoms with Gasteiger partial charge in [0.05, 0.1) is 49.4 Å². The maximum atomic E-state index is 13.8. The van der Waals surface area contributed by atoms with Crippen LogP contribution in [0.3, 0.4) is 0 Å². The van der Waals surface area contributed by atoms with Crippen LogP contribution in [0.4, 0.5) is 11.9 Å². The summed E-state index contributed by atoms with van der Waals surface area (Å²) in [4.78, 5) is 64.1. The highest BCUT2D eigenvalue weighted by molar-refractivity contribution is 6.05. The monoisotopic (exact) mass is 849 g/mol. The number of anilines is 2. The predicted molar refractivity (Wildman–Crippen MR) is 231 cm³/mol. The van der Waals surface area contributed by atoms with Crippen molar-refractivity contribution in [2.24, 2.45) is 11.5 Å². The number of amides is 4. The summed E-state index contributed by atoms with van der Waals surface area (Å²) < 4.78 is 24.3. The summed E-state index contributed by atoms with van der Waals surface area (Å²) in [5, 5.41) is 14.7. The summed E-state index contributed by atoms with van der Waals surface area (Å²) in [5.74, 6) is -1.11. The van der Waals surface area contributed by atoms with E-state index in [1.807, 2.05) is 32.9 Å². The molecule has 1 aliphatic rings. The smallest absolute Gasteiger partial charge is 0.276 e. The Morgan fingerprint density at radius 3 is 1.69 bits per heavy atom. The van der Waals surface area contributed by atoms with E-state index in [0.717, 1.165) is 19.6 Å². The number of aryl methyl sites for hydroxylation is 4. The van der Waals surface area contributed by atoms with Gasteiger partial charge in [0.25, 0.3) is 11.8 Å². The largest absolute Gasteiger partial charge is 0.494 e. The van der Waals surface area contributed by atoms with Crippen LogP contribution in [-0.2, 0) is 30.9 Å². The number of methoxy groups -OCH3 is 1. The molecule has 7 rings (SSSR count). The number of primary amides is 2. The summed E-state index contributed by atoms with van der Waals surface area (Å²) in [7, 11) is 1.47. The molecule has 20 nitrogen and oxygen atoms in total. The third kappa shape index (κ3) is 9.15. The van der Waals surface area contributed by atoms with Gasteiger partial charge in [-0.3, -0.25) is 44.1 Å². The molecule has 62 heavy (non-hydrogen) atoms. The topological polar surface area (TPSA) is 247 Å². The number of nitrogens with zero attached hydrogens (tertiary/aromatic N) is 9. The van der Waals surface area contributed by atoms with E-state index in [4.69, 9.17) is 35.6 Å². The minimum Gasteiger partial charge on any atom is -0.494 e. The summed E-state index contributed by atoms with van der Waals surface area (Å²) in [5.41, 5.74) is 15.7. The summed E-state index contributed by atoms with van der Waals surface area (Å²) >= 11 is 0. The lowest BCUT2D eigenvalue weighted by Crippen LogP contribution is -2.37. The number of hydrogen-bond acceptors (Lipinski definition) is 12. The molecule has 0 bridgehead atoms. The maximum absolute atomic E-state index is 13.8. The van der Waals surface area contributed by atoms with Crippen molar-refractivity contribution in [1.82, 2.24) is 43.6 Å². The lowest BCUT2D eigenvalue weighted by atomic mass is 10.1. The number of benzene rings is 2. The Bertz CT molecular complexity index is 2680. The van der Waals surface area contributed by atoms with Gasteiger partial charge in [-0.25, -0.2) is 9.97 Å². The van der Waals surface area contributed by atoms with E-state index in [-0.39, 0.29) is 36.1 Å². The zero-order chi connectivity index (χ0) is 44.1. The zero-order valence-electron chi connectivity index (χ0n) is 35.4. The summed E-state index contributed by atoms with van der Waals surface area (Å²) in [6, 6.07) is 9.61. The standard InChI is InChI=1S/C42H51N13O7/c1-6-54-31(19-25(3)49-54)39(58)47-41-45-29-21-27(37(43)56)23-33(60-5)35(29)52(41)12-8-9-13-53-36-30(46-42(53)48-40(59)32-20-26(4)50-55(32)7-2)22-28(38(44)57)24-34(36)62-16-10-11-51-14-17-61-18-15-51/h8-9,19-24H,6-7,10-18H2,1-5H3,(H2,43,56)(H2,44,57)(H,45,47,58)(H,46,48,59)/b9-8+. The van der Waals surface area contributed by atoms with Crippen molar-refractivity contribution >= 4 is 57.6 Å². The van der Waals surface area contributed by atoms with Crippen molar-refractivity contribution in [2.45, 2.75) is 60.3 Å². The number of morpholine rings is 1. The highest BCUT2D eigenvalue weighted by Crippen LogP contribution is 2.33. The van der Waals surface area contributed by atoms with E-state index in [0.29, 0.717) is 95.7 Å². The Hall–Kier alpha value is -7.06. The second-order valence-corrected chi connectivity index (χ2v) is 14.7. The molecular weight excluding hydrogens is 799 g/mol. The van der Waals surface area contributed by atoms with Crippen molar-refractivity contribution in [3.05, 3.63) is 82.5 Å². The van der Waals surface area contributed by atoms with Crippen molar-refractivity contribution < 1.29 is 33.4 Å². The Labute approximate surface area is 356 Å². The number of carbonyl (C=O) groups is 4. The highest BCUT2D eigenvalue weighted by Gasteiger charge is 2.24. The van der Waals surface area contributed by atoms with Crippen LogP contribution in [-0.4, -0.2) is 114 Å². The first kappa shape index (κ1) is 43.0. The van der Waals surface area contributed by atoms with Gasteiger partial charge in [0, 0.05) is 56.9 Å². The normalized spacial score (nSPS) is 13.3. The van der Waals surface area contributed by atoms with E-state index >= 15 is 0 Å². The van der Waals surface area contributed by atoms with Gasteiger partial charge in [-0.15, -0.1) is 0 Å². The van der Waals surface area contributed by atoms with E-state index in [1.165, 1.54) is 19.2 Å². The average Bonchev–Trinajstić information content (AvgIpc) is 4.03. The number of hydrogen-bond donors (Lipinski definition) is 4. The van der Waals surface area contributed by atoms with E-state index < -0.39 is 23.6 Å². The van der Waals surface area contributed by atoms with Gasteiger partial charge >= 0.3 is 0 Å². The molecule has 5 heterocycles. The van der Waals surface area contributed by atoms with Crippen LogP contribution < -0.4 is 31.6 Å². The molecule has 0 radical (unpaired) electrons. The van der Waals surface area contributed by atoms with Crippen LogP contribution >= 0.6 is 0 Å². The summed E-state index contributed by atoms with van der Waals surface area (Å²) in [6.45, 7) is 12.9. The number of ether oxygens (including phenoxy) is 3. The number of imidazole rings is 2. The summed E-state index contributed by atoms with van der Waals surface area (Å²) in [6.07, 6.45) is 4.42.